The van der Waals surface area contributed by atoms with E-state index in [1.165, 1.54) is 17.0 Å². The molecule has 8 heteroatoms. The first kappa shape index (κ1) is 19.5. The van der Waals surface area contributed by atoms with E-state index in [-0.39, 0.29) is 22.9 Å². The Morgan fingerprint density at radius 1 is 1.15 bits per heavy atom. The number of nitrogens with zero attached hydrogens (tertiary/aromatic N) is 2. The maximum absolute atomic E-state index is 12.5. The Hall–Kier alpha value is -2.87. The number of thioether (sulfide) groups is 1. The molecule has 136 valence electrons. The smallest absolute Gasteiger partial charge is 0.283 e. The van der Waals surface area contributed by atoms with Crippen LogP contribution in [0.1, 0.15) is 21.5 Å². The standard InChI is InChI=1S/C18H19N3O4S/c1-11-6-12(2)8-14(7-11)20(3)17(22)10-26-16-5-4-13(18(19)23)9-15(16)21(24)25/h4-9H,10H2,1-3H3,(H2,19,23). The first-order valence-electron chi connectivity index (χ1n) is 7.75. The molecule has 2 aromatic carbocycles. The van der Waals surface area contributed by atoms with Crippen LogP contribution in [-0.2, 0) is 4.79 Å². The van der Waals surface area contributed by atoms with E-state index in [9.17, 15) is 19.7 Å². The van der Waals surface area contributed by atoms with Gasteiger partial charge >= 0.3 is 0 Å². The van der Waals surface area contributed by atoms with Crippen LogP contribution in [-0.4, -0.2) is 29.5 Å². The van der Waals surface area contributed by atoms with Gasteiger partial charge < -0.3 is 10.6 Å². The molecule has 26 heavy (non-hydrogen) atoms. The van der Waals surface area contributed by atoms with Crippen molar-refractivity contribution >= 4 is 35.0 Å². The molecular weight excluding hydrogens is 354 g/mol. The summed E-state index contributed by atoms with van der Waals surface area (Å²) in [4.78, 5) is 36.1. The summed E-state index contributed by atoms with van der Waals surface area (Å²) in [5.74, 6) is -0.899. The number of rotatable bonds is 6. The molecule has 2 amide bonds. The Labute approximate surface area is 155 Å². The summed E-state index contributed by atoms with van der Waals surface area (Å²) in [6.07, 6.45) is 0. The van der Waals surface area contributed by atoms with Crippen LogP contribution in [0, 0.1) is 24.0 Å². The van der Waals surface area contributed by atoms with Gasteiger partial charge in [-0.2, -0.15) is 0 Å². The Balaban J connectivity index is 2.16. The van der Waals surface area contributed by atoms with E-state index in [2.05, 4.69) is 0 Å². The van der Waals surface area contributed by atoms with Crippen molar-refractivity contribution in [3.63, 3.8) is 0 Å². The average molecular weight is 373 g/mol. The minimum absolute atomic E-state index is 0.0280. The van der Waals surface area contributed by atoms with Crippen LogP contribution >= 0.6 is 11.8 Å². The summed E-state index contributed by atoms with van der Waals surface area (Å²) < 4.78 is 0. The van der Waals surface area contributed by atoms with E-state index in [0.29, 0.717) is 4.90 Å². The SMILES string of the molecule is Cc1cc(C)cc(N(C)C(=O)CSc2ccc(C(N)=O)cc2[N+](=O)[O-])c1. The summed E-state index contributed by atoms with van der Waals surface area (Å²) in [7, 11) is 1.67. The second-order valence-corrected chi connectivity index (χ2v) is 6.91. The lowest BCUT2D eigenvalue weighted by atomic mass is 10.1. The van der Waals surface area contributed by atoms with E-state index >= 15 is 0 Å². The zero-order chi connectivity index (χ0) is 19.4. The number of primary amides is 1. The maximum Gasteiger partial charge on any atom is 0.283 e. The Morgan fingerprint density at radius 2 is 1.77 bits per heavy atom. The largest absolute Gasteiger partial charge is 0.366 e. The lowest BCUT2D eigenvalue weighted by Gasteiger charge is -2.18. The van der Waals surface area contributed by atoms with Gasteiger partial charge in [-0.1, -0.05) is 6.07 Å². The zero-order valence-corrected chi connectivity index (χ0v) is 15.5. The van der Waals surface area contributed by atoms with E-state index < -0.39 is 10.8 Å². The van der Waals surface area contributed by atoms with Gasteiger partial charge in [0.2, 0.25) is 11.8 Å². The normalized spacial score (nSPS) is 10.4. The molecule has 0 aliphatic carbocycles. The predicted octanol–water partition coefficient (Wildman–Crippen LogP) is 3.07. The molecule has 0 radical (unpaired) electrons. The van der Waals surface area contributed by atoms with Gasteiger partial charge in [0.1, 0.15) is 0 Å². The molecule has 2 rings (SSSR count). The number of benzene rings is 2. The van der Waals surface area contributed by atoms with Gasteiger partial charge in [-0.3, -0.25) is 19.7 Å². The van der Waals surface area contributed by atoms with Crippen molar-refractivity contribution in [3.8, 4) is 0 Å². The highest BCUT2D eigenvalue weighted by atomic mass is 32.2. The second-order valence-electron chi connectivity index (χ2n) is 5.89. The van der Waals surface area contributed by atoms with Crippen molar-refractivity contribution in [3.05, 3.63) is 63.2 Å². The fourth-order valence-corrected chi connectivity index (χ4v) is 3.38. The predicted molar refractivity (Wildman–Crippen MR) is 102 cm³/mol. The van der Waals surface area contributed by atoms with Crippen LogP contribution in [0.2, 0.25) is 0 Å². The summed E-state index contributed by atoms with van der Waals surface area (Å²) in [5, 5.41) is 11.2. The molecule has 0 aromatic heterocycles. The number of nitro groups is 1. The number of hydrogen-bond acceptors (Lipinski definition) is 5. The molecule has 2 N–H and O–H groups in total. The van der Waals surface area contributed by atoms with Crippen molar-refractivity contribution in [2.75, 3.05) is 17.7 Å². The maximum atomic E-state index is 12.5. The van der Waals surface area contributed by atoms with Crippen LogP contribution in [0.15, 0.2) is 41.3 Å². The minimum atomic E-state index is -0.740. The third kappa shape index (κ3) is 4.60. The number of carbonyl (C=O) groups excluding carboxylic acids is 2. The molecular formula is C18H19N3O4S. The van der Waals surface area contributed by atoms with Crippen molar-refractivity contribution in [1.82, 2.24) is 0 Å². The number of amides is 2. The van der Waals surface area contributed by atoms with E-state index in [4.69, 9.17) is 5.73 Å². The number of carbonyl (C=O) groups is 2. The van der Waals surface area contributed by atoms with Gasteiger partial charge in [-0.15, -0.1) is 11.8 Å². The molecule has 0 atom stereocenters. The fourth-order valence-electron chi connectivity index (χ4n) is 2.46. The Morgan fingerprint density at radius 3 is 2.31 bits per heavy atom. The molecule has 0 aliphatic rings. The van der Waals surface area contributed by atoms with Gasteiger partial charge in [0.05, 0.1) is 15.6 Å². The molecule has 0 bridgehead atoms. The molecule has 0 spiro atoms. The quantitative estimate of drug-likeness (QED) is 0.476. The third-order valence-corrected chi connectivity index (χ3v) is 4.81. The van der Waals surface area contributed by atoms with Crippen molar-refractivity contribution in [1.29, 1.82) is 0 Å². The van der Waals surface area contributed by atoms with Crippen LogP contribution in [0.3, 0.4) is 0 Å². The summed E-state index contributed by atoms with van der Waals surface area (Å²) >= 11 is 1.05. The summed E-state index contributed by atoms with van der Waals surface area (Å²) in [6, 6.07) is 9.80. The highest BCUT2D eigenvalue weighted by molar-refractivity contribution is 8.00. The van der Waals surface area contributed by atoms with Gasteiger partial charge in [0.25, 0.3) is 5.69 Å². The average Bonchev–Trinajstić information content (AvgIpc) is 2.57. The lowest BCUT2D eigenvalue weighted by molar-refractivity contribution is -0.387. The monoisotopic (exact) mass is 373 g/mol. The first-order valence-corrected chi connectivity index (χ1v) is 8.73. The third-order valence-electron chi connectivity index (χ3n) is 3.76. The van der Waals surface area contributed by atoms with E-state index in [1.807, 2.05) is 32.0 Å². The zero-order valence-electron chi connectivity index (χ0n) is 14.7. The van der Waals surface area contributed by atoms with Gasteiger partial charge in [0.15, 0.2) is 0 Å². The van der Waals surface area contributed by atoms with Crippen molar-refractivity contribution in [2.45, 2.75) is 18.7 Å². The number of anilines is 1. The molecule has 0 saturated heterocycles. The molecule has 2 aromatic rings. The van der Waals surface area contributed by atoms with Gasteiger partial charge in [-0.25, -0.2) is 0 Å². The number of nitrogens with two attached hydrogens (primary N) is 1. The van der Waals surface area contributed by atoms with Crippen LogP contribution in [0.25, 0.3) is 0 Å². The highest BCUT2D eigenvalue weighted by Gasteiger charge is 2.19. The molecule has 0 unspecified atom stereocenters. The Bertz CT molecular complexity index is 862. The highest BCUT2D eigenvalue weighted by Crippen LogP contribution is 2.30. The van der Waals surface area contributed by atoms with Crippen LogP contribution in [0.4, 0.5) is 11.4 Å². The topological polar surface area (TPSA) is 107 Å². The number of nitro benzene ring substituents is 1. The molecule has 0 saturated carbocycles. The van der Waals surface area contributed by atoms with E-state index in [0.717, 1.165) is 34.6 Å². The van der Waals surface area contributed by atoms with Crippen molar-refractivity contribution < 1.29 is 14.5 Å². The van der Waals surface area contributed by atoms with Gasteiger partial charge in [-0.05, 0) is 49.2 Å². The summed E-state index contributed by atoms with van der Waals surface area (Å²) in [6.45, 7) is 3.90. The van der Waals surface area contributed by atoms with Crippen molar-refractivity contribution in [2.24, 2.45) is 5.73 Å². The summed E-state index contributed by atoms with van der Waals surface area (Å²) in [5.41, 5.74) is 7.83. The lowest BCUT2D eigenvalue weighted by Crippen LogP contribution is -2.28. The molecule has 7 nitrogen and oxygen atoms in total. The number of aryl methyl sites for hydroxylation is 2. The first-order chi connectivity index (χ1) is 12.2. The van der Waals surface area contributed by atoms with E-state index in [1.54, 1.807) is 7.05 Å². The molecule has 0 aliphatic heterocycles. The number of hydrogen-bond donors (Lipinski definition) is 1. The van der Waals surface area contributed by atoms with Crippen LogP contribution < -0.4 is 10.6 Å². The van der Waals surface area contributed by atoms with Crippen LogP contribution in [0.5, 0.6) is 0 Å². The van der Waals surface area contributed by atoms with Gasteiger partial charge in [0, 0.05) is 24.4 Å². The molecule has 0 heterocycles. The minimum Gasteiger partial charge on any atom is -0.366 e. The fraction of sp³-hybridized carbons (Fsp3) is 0.222. The molecule has 0 fully saturated rings. The second kappa shape index (κ2) is 8.01. The Kier molecular flexibility index (Phi) is 5.99.